The number of rotatable bonds is 4. The number of carboxylic acids is 1. The molecule has 5 heteroatoms. The maximum Gasteiger partial charge on any atom is 0.337 e. The highest BCUT2D eigenvalue weighted by atomic mass is 35.5. The Bertz CT molecular complexity index is 683. The Hall–Kier alpha value is -2.07. The number of hydrogen-bond donors (Lipinski definition) is 1. The molecule has 110 valence electrons. The molecule has 0 aliphatic rings. The van der Waals surface area contributed by atoms with Gasteiger partial charge in [-0.25, -0.2) is 9.78 Å². The van der Waals surface area contributed by atoms with Crippen LogP contribution in [0.5, 0.6) is 11.6 Å². The first-order valence-electron chi connectivity index (χ1n) is 6.56. The van der Waals surface area contributed by atoms with E-state index >= 15 is 0 Å². The molecule has 0 saturated carbocycles. The summed E-state index contributed by atoms with van der Waals surface area (Å²) in [5.74, 6) is -0.0169. The molecule has 0 spiro atoms. The molecule has 0 radical (unpaired) electrons. The lowest BCUT2D eigenvalue weighted by Crippen LogP contribution is -2.00. The molecule has 0 bridgehead atoms. The molecule has 1 heterocycles. The molecule has 2 aromatic rings. The zero-order chi connectivity index (χ0) is 15.6. The second-order valence-electron chi connectivity index (χ2n) is 5.06. The van der Waals surface area contributed by atoms with Crippen LogP contribution in [-0.4, -0.2) is 16.1 Å². The van der Waals surface area contributed by atoms with Gasteiger partial charge in [0.05, 0.1) is 5.56 Å². The van der Waals surface area contributed by atoms with Crippen molar-refractivity contribution in [1.29, 1.82) is 0 Å². The summed E-state index contributed by atoms with van der Waals surface area (Å²) in [4.78, 5) is 15.0. The number of ether oxygens (including phenoxy) is 1. The van der Waals surface area contributed by atoms with E-state index in [1.165, 1.54) is 17.8 Å². The third-order valence-corrected chi connectivity index (χ3v) is 3.53. The van der Waals surface area contributed by atoms with Gasteiger partial charge in [-0.1, -0.05) is 31.5 Å². The molecule has 0 amide bonds. The Labute approximate surface area is 128 Å². The minimum atomic E-state index is -1.11. The van der Waals surface area contributed by atoms with E-state index in [-0.39, 0.29) is 16.5 Å². The second-order valence-corrected chi connectivity index (χ2v) is 5.44. The zero-order valence-corrected chi connectivity index (χ0v) is 12.8. The smallest absolute Gasteiger partial charge is 0.337 e. The van der Waals surface area contributed by atoms with E-state index in [0.717, 1.165) is 5.56 Å². The van der Waals surface area contributed by atoms with Gasteiger partial charge >= 0.3 is 5.97 Å². The molecule has 0 unspecified atom stereocenters. The summed E-state index contributed by atoms with van der Waals surface area (Å²) >= 11 is 6.01. The fourth-order valence-electron chi connectivity index (χ4n) is 2.13. The number of aromatic nitrogens is 1. The topological polar surface area (TPSA) is 59.4 Å². The van der Waals surface area contributed by atoms with Crippen LogP contribution in [-0.2, 0) is 0 Å². The van der Waals surface area contributed by atoms with Crippen molar-refractivity contribution >= 4 is 17.6 Å². The summed E-state index contributed by atoms with van der Waals surface area (Å²) in [7, 11) is 0. The van der Waals surface area contributed by atoms with Gasteiger partial charge in [0.25, 0.3) is 0 Å². The Balaban J connectivity index is 2.33. The van der Waals surface area contributed by atoms with E-state index < -0.39 is 5.97 Å². The first-order chi connectivity index (χ1) is 9.90. The quantitative estimate of drug-likeness (QED) is 0.892. The summed E-state index contributed by atoms with van der Waals surface area (Å²) in [5, 5.41) is 9.03. The van der Waals surface area contributed by atoms with Gasteiger partial charge in [-0.05, 0) is 42.2 Å². The minimum Gasteiger partial charge on any atom is -0.478 e. The number of pyridine rings is 1. The number of nitrogens with zero attached hydrogens (tertiary/aromatic N) is 1. The van der Waals surface area contributed by atoms with Crippen LogP contribution >= 0.6 is 11.6 Å². The Morgan fingerprint density at radius 1 is 1.33 bits per heavy atom. The number of aromatic carboxylic acids is 1. The molecule has 21 heavy (non-hydrogen) atoms. The summed E-state index contributed by atoms with van der Waals surface area (Å²) in [6.07, 6.45) is 1.36. The van der Waals surface area contributed by atoms with Gasteiger partial charge in [0.15, 0.2) is 0 Å². The monoisotopic (exact) mass is 305 g/mol. The predicted molar refractivity (Wildman–Crippen MR) is 81.5 cm³/mol. The van der Waals surface area contributed by atoms with Gasteiger partial charge < -0.3 is 9.84 Å². The highest BCUT2D eigenvalue weighted by Crippen LogP contribution is 2.31. The van der Waals surface area contributed by atoms with Gasteiger partial charge in [-0.2, -0.15) is 0 Å². The molecule has 0 atom stereocenters. The van der Waals surface area contributed by atoms with Crippen molar-refractivity contribution in [3.05, 3.63) is 52.2 Å². The lowest BCUT2D eigenvalue weighted by Gasteiger charge is -2.12. The molecule has 0 aliphatic carbocycles. The normalized spacial score (nSPS) is 10.7. The molecule has 0 saturated heterocycles. The highest BCUT2D eigenvalue weighted by Gasteiger charge is 2.15. The lowest BCUT2D eigenvalue weighted by atomic mass is 9.98. The van der Waals surface area contributed by atoms with Crippen molar-refractivity contribution in [2.45, 2.75) is 26.7 Å². The van der Waals surface area contributed by atoms with Gasteiger partial charge in [-0.3, -0.25) is 0 Å². The van der Waals surface area contributed by atoms with Gasteiger partial charge in [0.2, 0.25) is 5.88 Å². The molecular weight excluding hydrogens is 290 g/mol. The van der Waals surface area contributed by atoms with Crippen LogP contribution in [0.15, 0.2) is 30.5 Å². The maximum absolute atomic E-state index is 11.0. The lowest BCUT2D eigenvalue weighted by molar-refractivity contribution is 0.0696. The summed E-state index contributed by atoms with van der Waals surface area (Å²) in [6, 6.07) is 7.05. The van der Waals surface area contributed by atoms with Crippen LogP contribution < -0.4 is 4.74 Å². The number of benzene rings is 1. The number of halogens is 1. The van der Waals surface area contributed by atoms with E-state index in [0.29, 0.717) is 11.7 Å². The third-order valence-electron chi connectivity index (χ3n) is 3.17. The van der Waals surface area contributed by atoms with Gasteiger partial charge in [-0.15, -0.1) is 0 Å². The van der Waals surface area contributed by atoms with E-state index in [1.807, 2.05) is 25.1 Å². The third kappa shape index (κ3) is 3.34. The van der Waals surface area contributed by atoms with Crippen LogP contribution in [0.25, 0.3) is 0 Å². The van der Waals surface area contributed by atoms with Crippen LogP contribution in [0, 0.1) is 6.92 Å². The highest BCUT2D eigenvalue weighted by molar-refractivity contribution is 6.34. The van der Waals surface area contributed by atoms with Gasteiger partial charge in [0, 0.05) is 6.20 Å². The van der Waals surface area contributed by atoms with Crippen molar-refractivity contribution in [2.24, 2.45) is 0 Å². The molecule has 0 fully saturated rings. The van der Waals surface area contributed by atoms with Crippen LogP contribution in [0.4, 0.5) is 0 Å². The minimum absolute atomic E-state index is 0.00408. The van der Waals surface area contributed by atoms with E-state index in [2.05, 4.69) is 18.8 Å². The summed E-state index contributed by atoms with van der Waals surface area (Å²) in [6.45, 7) is 6.25. The Kier molecular flexibility index (Phi) is 4.48. The average Bonchev–Trinajstić information content (AvgIpc) is 2.40. The fraction of sp³-hybridized carbons (Fsp3) is 0.250. The van der Waals surface area contributed by atoms with Crippen molar-refractivity contribution in [2.75, 3.05) is 0 Å². The summed E-state index contributed by atoms with van der Waals surface area (Å²) < 4.78 is 5.61. The van der Waals surface area contributed by atoms with Crippen LogP contribution in [0.2, 0.25) is 5.02 Å². The van der Waals surface area contributed by atoms with E-state index in [4.69, 9.17) is 21.4 Å². The Morgan fingerprint density at radius 2 is 2.05 bits per heavy atom. The first-order valence-corrected chi connectivity index (χ1v) is 6.94. The van der Waals surface area contributed by atoms with Crippen molar-refractivity contribution in [1.82, 2.24) is 4.98 Å². The van der Waals surface area contributed by atoms with E-state index in [9.17, 15) is 4.79 Å². The Morgan fingerprint density at radius 3 is 2.62 bits per heavy atom. The van der Waals surface area contributed by atoms with Crippen molar-refractivity contribution in [3.8, 4) is 11.6 Å². The summed E-state index contributed by atoms with van der Waals surface area (Å²) in [5.41, 5.74) is 2.31. The molecular formula is C16H16ClNO3. The molecule has 1 aromatic heterocycles. The van der Waals surface area contributed by atoms with Gasteiger partial charge in [0.1, 0.15) is 10.8 Å². The second kappa shape index (κ2) is 6.14. The molecule has 2 rings (SSSR count). The van der Waals surface area contributed by atoms with Crippen molar-refractivity contribution in [3.63, 3.8) is 0 Å². The number of hydrogen-bond acceptors (Lipinski definition) is 3. The van der Waals surface area contributed by atoms with Crippen molar-refractivity contribution < 1.29 is 14.6 Å². The maximum atomic E-state index is 11.0. The number of carbonyl (C=O) groups is 1. The SMILES string of the molecule is Cc1cc(Oc2nccc(C(=O)O)c2Cl)ccc1C(C)C. The predicted octanol–water partition coefficient (Wildman–Crippen LogP) is 4.66. The molecule has 1 aromatic carbocycles. The van der Waals surface area contributed by atoms with Crippen LogP contribution in [0.1, 0.15) is 41.3 Å². The average molecular weight is 306 g/mol. The molecule has 0 aliphatic heterocycles. The number of carboxylic acid groups (broad SMARTS) is 1. The number of aryl methyl sites for hydroxylation is 1. The first kappa shape index (κ1) is 15.3. The molecule has 4 nitrogen and oxygen atoms in total. The van der Waals surface area contributed by atoms with Crippen LogP contribution in [0.3, 0.4) is 0 Å². The zero-order valence-electron chi connectivity index (χ0n) is 12.1. The standard InChI is InChI=1S/C16H16ClNO3/c1-9(2)12-5-4-11(8-10(12)3)21-15-14(17)13(16(19)20)6-7-18-15/h4-9H,1-3H3,(H,19,20). The van der Waals surface area contributed by atoms with E-state index in [1.54, 1.807) is 0 Å². The fourth-order valence-corrected chi connectivity index (χ4v) is 2.36. The largest absolute Gasteiger partial charge is 0.478 e. The molecule has 1 N–H and O–H groups in total.